The van der Waals surface area contributed by atoms with Gasteiger partial charge < -0.3 is 15.1 Å². The van der Waals surface area contributed by atoms with Crippen molar-refractivity contribution in [3.8, 4) is 0 Å². The van der Waals surface area contributed by atoms with Gasteiger partial charge in [0, 0.05) is 17.0 Å². The Labute approximate surface area is 143 Å². The Morgan fingerprint density at radius 3 is 2.44 bits per heavy atom. The van der Waals surface area contributed by atoms with Crippen LogP contribution in [0.15, 0.2) is 52.9 Å². The average Bonchev–Trinajstić information content (AvgIpc) is 2.98. The number of urea groups is 1. The van der Waals surface area contributed by atoms with E-state index in [9.17, 15) is 13.6 Å². The summed E-state index contributed by atoms with van der Waals surface area (Å²) in [5, 5.41) is 6.34. The van der Waals surface area contributed by atoms with Crippen molar-refractivity contribution in [1.82, 2.24) is 10.6 Å². The number of benzene rings is 2. The molecule has 0 saturated heterocycles. The summed E-state index contributed by atoms with van der Waals surface area (Å²) in [6.07, 6.45) is 0. The first-order valence-electron chi connectivity index (χ1n) is 7.94. The van der Waals surface area contributed by atoms with Crippen LogP contribution in [0.1, 0.15) is 37.3 Å². The van der Waals surface area contributed by atoms with Crippen molar-refractivity contribution < 1.29 is 18.0 Å². The second-order valence-electron chi connectivity index (χ2n) is 5.91. The molecule has 0 aliphatic rings. The minimum absolute atomic E-state index is 0.216. The highest BCUT2D eigenvalue weighted by Gasteiger charge is 2.17. The van der Waals surface area contributed by atoms with Crippen molar-refractivity contribution in [2.45, 2.75) is 25.9 Å². The minimum atomic E-state index is -0.696. The number of rotatable bonds is 4. The molecule has 4 nitrogen and oxygen atoms in total. The van der Waals surface area contributed by atoms with Gasteiger partial charge in [0.15, 0.2) is 0 Å². The third kappa shape index (κ3) is 3.79. The molecule has 2 amide bonds. The summed E-state index contributed by atoms with van der Waals surface area (Å²) in [6.45, 7) is 3.42. The van der Waals surface area contributed by atoms with E-state index in [0.717, 1.165) is 23.1 Å². The Bertz CT molecular complexity index is 874. The number of hydrogen-bond donors (Lipinski definition) is 2. The molecule has 0 fully saturated rings. The molecule has 2 N–H and O–H groups in total. The summed E-state index contributed by atoms with van der Waals surface area (Å²) < 4.78 is 32.4. The largest absolute Gasteiger partial charge is 0.459 e. The molecule has 3 aromatic rings. The number of hydrogen-bond acceptors (Lipinski definition) is 2. The van der Waals surface area contributed by atoms with Gasteiger partial charge in [-0.1, -0.05) is 24.3 Å². The Morgan fingerprint density at radius 1 is 1.00 bits per heavy atom. The Balaban J connectivity index is 1.65. The average molecular weight is 344 g/mol. The van der Waals surface area contributed by atoms with Crippen molar-refractivity contribution >= 4 is 17.0 Å². The molecular weight excluding hydrogens is 326 g/mol. The molecule has 2 aromatic carbocycles. The van der Waals surface area contributed by atoms with Crippen LogP contribution in [0.4, 0.5) is 13.6 Å². The summed E-state index contributed by atoms with van der Waals surface area (Å²) in [4.78, 5) is 12.1. The molecule has 0 radical (unpaired) electrons. The summed E-state index contributed by atoms with van der Waals surface area (Å²) in [6, 6.07) is 11.3. The fourth-order valence-electron chi connectivity index (χ4n) is 2.65. The van der Waals surface area contributed by atoms with E-state index < -0.39 is 23.7 Å². The van der Waals surface area contributed by atoms with E-state index in [1.807, 2.05) is 30.3 Å². The van der Waals surface area contributed by atoms with E-state index in [2.05, 4.69) is 10.6 Å². The number of amides is 2. The molecule has 1 aromatic heterocycles. The molecule has 1 heterocycles. The van der Waals surface area contributed by atoms with Crippen molar-refractivity contribution in [1.29, 1.82) is 0 Å². The molecule has 2 atom stereocenters. The number of nitrogens with one attached hydrogen (secondary N) is 2. The normalized spacial score (nSPS) is 13.4. The van der Waals surface area contributed by atoms with E-state index in [1.165, 1.54) is 6.07 Å². The summed E-state index contributed by atoms with van der Waals surface area (Å²) in [7, 11) is 0. The number of carbonyl (C=O) groups is 1. The highest BCUT2D eigenvalue weighted by Crippen LogP contribution is 2.23. The van der Waals surface area contributed by atoms with Gasteiger partial charge in [-0.05, 0) is 32.0 Å². The van der Waals surface area contributed by atoms with E-state index >= 15 is 0 Å². The van der Waals surface area contributed by atoms with Gasteiger partial charge in [-0.15, -0.1) is 0 Å². The molecule has 0 spiro atoms. The van der Waals surface area contributed by atoms with Crippen molar-refractivity contribution in [2.24, 2.45) is 0 Å². The topological polar surface area (TPSA) is 54.3 Å². The highest BCUT2D eigenvalue weighted by atomic mass is 19.1. The maximum absolute atomic E-state index is 13.8. The van der Waals surface area contributed by atoms with Gasteiger partial charge in [-0.25, -0.2) is 13.6 Å². The first-order valence-corrected chi connectivity index (χ1v) is 7.94. The molecule has 0 aliphatic carbocycles. The smallest absolute Gasteiger partial charge is 0.315 e. The predicted octanol–water partition coefficient (Wildman–Crippen LogP) is 4.83. The SMILES string of the molecule is C[C@H](NC(=O)N[C@H](C)c1ccc(F)cc1F)c1cc2ccccc2o1. The number of para-hydroxylation sites is 1. The molecule has 0 unspecified atom stereocenters. The fourth-order valence-corrected chi connectivity index (χ4v) is 2.65. The second kappa shape index (κ2) is 6.93. The van der Waals surface area contributed by atoms with Crippen LogP contribution in [0.3, 0.4) is 0 Å². The predicted molar refractivity (Wildman–Crippen MR) is 91.1 cm³/mol. The summed E-state index contributed by atoms with van der Waals surface area (Å²) in [5.41, 5.74) is 0.959. The lowest BCUT2D eigenvalue weighted by molar-refractivity contribution is 0.233. The van der Waals surface area contributed by atoms with Gasteiger partial charge in [0.25, 0.3) is 0 Å². The second-order valence-corrected chi connectivity index (χ2v) is 5.91. The van der Waals surface area contributed by atoms with Gasteiger partial charge in [0.1, 0.15) is 23.0 Å². The van der Waals surface area contributed by atoms with Gasteiger partial charge in [-0.2, -0.15) is 0 Å². The summed E-state index contributed by atoms with van der Waals surface area (Å²) >= 11 is 0. The lowest BCUT2D eigenvalue weighted by atomic mass is 10.1. The summed E-state index contributed by atoms with van der Waals surface area (Å²) in [5.74, 6) is -0.730. The number of carbonyl (C=O) groups excluding carboxylic acids is 1. The van der Waals surface area contributed by atoms with E-state index in [-0.39, 0.29) is 11.6 Å². The zero-order valence-corrected chi connectivity index (χ0v) is 13.8. The van der Waals surface area contributed by atoms with Crippen LogP contribution in [-0.4, -0.2) is 6.03 Å². The number of furan rings is 1. The molecular formula is C19H18F2N2O2. The maximum Gasteiger partial charge on any atom is 0.315 e. The standard InChI is InChI=1S/C19H18F2N2O2/c1-11(15-8-7-14(20)10-16(15)21)22-19(24)23-12(2)18-9-13-5-3-4-6-17(13)25-18/h3-12H,1-2H3,(H2,22,23,24)/t11-,12+/m1/s1. The lowest BCUT2D eigenvalue weighted by Crippen LogP contribution is -2.38. The van der Waals surface area contributed by atoms with Crippen molar-refractivity contribution in [2.75, 3.05) is 0 Å². The van der Waals surface area contributed by atoms with Crippen molar-refractivity contribution in [3.05, 3.63) is 71.5 Å². The minimum Gasteiger partial charge on any atom is -0.459 e. The zero-order valence-electron chi connectivity index (χ0n) is 13.8. The van der Waals surface area contributed by atoms with Gasteiger partial charge in [-0.3, -0.25) is 0 Å². The number of halogens is 2. The van der Waals surface area contributed by atoms with Gasteiger partial charge >= 0.3 is 6.03 Å². The van der Waals surface area contributed by atoms with Crippen LogP contribution in [-0.2, 0) is 0 Å². The van der Waals surface area contributed by atoms with Crippen LogP contribution in [0.25, 0.3) is 11.0 Å². The quantitative estimate of drug-likeness (QED) is 0.712. The first-order chi connectivity index (χ1) is 11.9. The van der Waals surface area contributed by atoms with Crippen LogP contribution >= 0.6 is 0 Å². The maximum atomic E-state index is 13.8. The van der Waals surface area contributed by atoms with E-state index in [0.29, 0.717) is 5.76 Å². The molecule has 6 heteroatoms. The van der Waals surface area contributed by atoms with E-state index in [1.54, 1.807) is 13.8 Å². The lowest BCUT2D eigenvalue weighted by Gasteiger charge is -2.18. The van der Waals surface area contributed by atoms with Crippen molar-refractivity contribution in [3.63, 3.8) is 0 Å². The molecule has 130 valence electrons. The zero-order chi connectivity index (χ0) is 18.0. The van der Waals surface area contributed by atoms with Crippen LogP contribution in [0.2, 0.25) is 0 Å². The number of fused-ring (bicyclic) bond motifs is 1. The Kier molecular flexibility index (Phi) is 4.70. The monoisotopic (exact) mass is 344 g/mol. The first kappa shape index (κ1) is 17.0. The molecule has 0 bridgehead atoms. The van der Waals surface area contributed by atoms with Gasteiger partial charge in [0.2, 0.25) is 0 Å². The highest BCUT2D eigenvalue weighted by molar-refractivity contribution is 5.78. The molecule has 0 aliphatic heterocycles. The van der Waals surface area contributed by atoms with Crippen LogP contribution in [0.5, 0.6) is 0 Å². The molecule has 0 saturated carbocycles. The molecule has 25 heavy (non-hydrogen) atoms. The Morgan fingerprint density at radius 2 is 1.72 bits per heavy atom. The van der Waals surface area contributed by atoms with Gasteiger partial charge in [0.05, 0.1) is 12.1 Å². The van der Waals surface area contributed by atoms with E-state index in [4.69, 9.17) is 4.42 Å². The van der Waals surface area contributed by atoms with Crippen LogP contribution < -0.4 is 10.6 Å². The molecule has 3 rings (SSSR count). The van der Waals surface area contributed by atoms with Crippen LogP contribution in [0, 0.1) is 11.6 Å². The fraction of sp³-hybridized carbons (Fsp3) is 0.211. The Hall–Kier alpha value is -2.89. The third-order valence-electron chi connectivity index (χ3n) is 4.00. The third-order valence-corrected chi connectivity index (χ3v) is 4.00.